The van der Waals surface area contributed by atoms with Gasteiger partial charge in [0.15, 0.2) is 5.16 Å². The molecule has 2 N–H and O–H groups in total. The highest BCUT2D eigenvalue weighted by Gasteiger charge is 2.22. The molecule has 4 nitrogen and oxygen atoms in total. The van der Waals surface area contributed by atoms with Crippen molar-refractivity contribution in [3.63, 3.8) is 0 Å². The lowest BCUT2D eigenvalue weighted by molar-refractivity contribution is 0.793. The molecule has 1 aromatic rings. The first kappa shape index (κ1) is 7.91. The lowest BCUT2D eigenvalue weighted by Gasteiger charge is -1.98. The Morgan fingerprint density at radius 1 is 1.58 bits per heavy atom. The molecule has 66 valence electrons. The molecule has 1 saturated carbocycles. The Balaban J connectivity index is 1.96. The number of aromatic nitrogens is 3. The van der Waals surface area contributed by atoms with E-state index in [-0.39, 0.29) is 0 Å². The van der Waals surface area contributed by atoms with Gasteiger partial charge in [-0.2, -0.15) is 0 Å². The normalized spacial score (nSPS) is 16.8. The number of nitrogens with zero attached hydrogens (tertiary/aromatic N) is 3. The molecule has 5 heteroatoms. The van der Waals surface area contributed by atoms with Gasteiger partial charge >= 0.3 is 0 Å². The number of rotatable bonds is 3. The fourth-order valence-corrected chi connectivity index (χ4v) is 2.03. The third-order valence-corrected chi connectivity index (χ3v) is 3.27. The molecule has 0 bridgehead atoms. The van der Waals surface area contributed by atoms with E-state index in [1.54, 1.807) is 11.8 Å². The SMILES string of the molecule is Cn1c(N)nnc1SCC1CC1. The lowest BCUT2D eigenvalue weighted by Crippen LogP contribution is -1.98. The Kier molecular flexibility index (Phi) is 1.96. The second kappa shape index (κ2) is 2.97. The van der Waals surface area contributed by atoms with Crippen LogP contribution in [0.3, 0.4) is 0 Å². The molecule has 0 aliphatic heterocycles. The van der Waals surface area contributed by atoms with Gasteiger partial charge in [-0.1, -0.05) is 11.8 Å². The molecule has 1 aliphatic carbocycles. The summed E-state index contributed by atoms with van der Waals surface area (Å²) in [4.78, 5) is 0. The van der Waals surface area contributed by atoms with Crippen molar-refractivity contribution in [1.82, 2.24) is 14.8 Å². The summed E-state index contributed by atoms with van der Waals surface area (Å²) < 4.78 is 1.83. The van der Waals surface area contributed by atoms with E-state index >= 15 is 0 Å². The molecule has 2 rings (SSSR count). The molecule has 0 radical (unpaired) electrons. The van der Waals surface area contributed by atoms with Crippen molar-refractivity contribution in [2.75, 3.05) is 11.5 Å². The summed E-state index contributed by atoms with van der Waals surface area (Å²) in [6.45, 7) is 0. The molecule has 0 atom stereocenters. The first-order valence-electron chi connectivity index (χ1n) is 4.05. The highest BCUT2D eigenvalue weighted by Crippen LogP contribution is 2.34. The minimum atomic E-state index is 0.494. The van der Waals surface area contributed by atoms with Crippen LogP contribution in [-0.2, 0) is 7.05 Å². The summed E-state index contributed by atoms with van der Waals surface area (Å²) in [6, 6.07) is 0. The van der Waals surface area contributed by atoms with Gasteiger partial charge in [-0.3, -0.25) is 4.57 Å². The third kappa shape index (κ3) is 1.55. The van der Waals surface area contributed by atoms with Crippen LogP contribution in [0, 0.1) is 5.92 Å². The average molecular weight is 184 g/mol. The highest BCUT2D eigenvalue weighted by molar-refractivity contribution is 7.99. The molecule has 1 aromatic heterocycles. The third-order valence-electron chi connectivity index (χ3n) is 2.01. The second-order valence-electron chi connectivity index (χ2n) is 3.15. The van der Waals surface area contributed by atoms with Crippen molar-refractivity contribution >= 4 is 17.7 Å². The minimum Gasteiger partial charge on any atom is -0.368 e. The van der Waals surface area contributed by atoms with Crippen molar-refractivity contribution in [3.05, 3.63) is 0 Å². The molecular weight excluding hydrogens is 172 g/mol. The smallest absolute Gasteiger partial charge is 0.222 e. The predicted molar refractivity (Wildman–Crippen MR) is 48.9 cm³/mol. The quantitative estimate of drug-likeness (QED) is 0.709. The Labute approximate surface area is 75.5 Å². The summed E-state index contributed by atoms with van der Waals surface area (Å²) in [5, 5.41) is 8.68. The Hall–Kier alpha value is -0.710. The van der Waals surface area contributed by atoms with E-state index in [1.165, 1.54) is 12.8 Å². The van der Waals surface area contributed by atoms with Crippen molar-refractivity contribution in [2.45, 2.75) is 18.0 Å². The van der Waals surface area contributed by atoms with Gasteiger partial charge in [0.1, 0.15) is 0 Å². The first-order valence-corrected chi connectivity index (χ1v) is 5.03. The van der Waals surface area contributed by atoms with E-state index in [1.807, 2.05) is 11.6 Å². The molecule has 1 heterocycles. The van der Waals surface area contributed by atoms with E-state index < -0.39 is 0 Å². The number of hydrogen-bond acceptors (Lipinski definition) is 4. The molecule has 12 heavy (non-hydrogen) atoms. The number of thioether (sulfide) groups is 1. The summed E-state index contributed by atoms with van der Waals surface area (Å²) in [6.07, 6.45) is 2.75. The molecule has 0 saturated heterocycles. The zero-order chi connectivity index (χ0) is 8.55. The predicted octanol–water partition coefficient (Wildman–Crippen LogP) is 0.899. The van der Waals surface area contributed by atoms with Gasteiger partial charge in [0.05, 0.1) is 0 Å². The minimum absolute atomic E-state index is 0.494. The molecule has 0 aromatic carbocycles. The monoisotopic (exact) mass is 184 g/mol. The first-order chi connectivity index (χ1) is 5.77. The van der Waals surface area contributed by atoms with E-state index in [0.29, 0.717) is 5.95 Å². The zero-order valence-electron chi connectivity index (χ0n) is 7.03. The van der Waals surface area contributed by atoms with Gasteiger partial charge < -0.3 is 5.73 Å². The standard InChI is InChI=1S/C7H12N4S/c1-11-6(8)9-10-7(11)12-4-5-2-3-5/h5H,2-4H2,1H3,(H2,8,9). The summed E-state index contributed by atoms with van der Waals surface area (Å²) in [7, 11) is 1.89. The molecule has 0 spiro atoms. The van der Waals surface area contributed by atoms with Crippen LogP contribution in [0.15, 0.2) is 5.16 Å². The molecule has 0 unspecified atom stereocenters. The molecule has 1 aliphatic rings. The maximum Gasteiger partial charge on any atom is 0.222 e. The maximum atomic E-state index is 5.54. The second-order valence-corrected chi connectivity index (χ2v) is 4.14. The van der Waals surface area contributed by atoms with Gasteiger partial charge in [0, 0.05) is 12.8 Å². The van der Waals surface area contributed by atoms with E-state index in [4.69, 9.17) is 5.73 Å². The van der Waals surface area contributed by atoms with Crippen LogP contribution in [-0.4, -0.2) is 20.5 Å². The molecule has 0 amide bonds. The summed E-state index contributed by atoms with van der Waals surface area (Å²) in [5.74, 6) is 2.56. The largest absolute Gasteiger partial charge is 0.368 e. The van der Waals surface area contributed by atoms with Crippen LogP contribution in [0.1, 0.15) is 12.8 Å². The van der Waals surface area contributed by atoms with Crippen LogP contribution in [0.25, 0.3) is 0 Å². The Bertz CT molecular complexity index is 279. The lowest BCUT2D eigenvalue weighted by atomic mass is 10.5. The topological polar surface area (TPSA) is 56.7 Å². The fraction of sp³-hybridized carbons (Fsp3) is 0.714. The van der Waals surface area contributed by atoms with E-state index in [2.05, 4.69) is 10.2 Å². The van der Waals surface area contributed by atoms with Crippen molar-refractivity contribution < 1.29 is 0 Å². The van der Waals surface area contributed by atoms with Gasteiger partial charge in [0.2, 0.25) is 5.95 Å². The van der Waals surface area contributed by atoms with E-state index in [9.17, 15) is 0 Å². The van der Waals surface area contributed by atoms with Crippen LogP contribution < -0.4 is 5.73 Å². The molecular formula is C7H12N4S. The van der Waals surface area contributed by atoms with Crippen LogP contribution in [0.2, 0.25) is 0 Å². The van der Waals surface area contributed by atoms with Crippen LogP contribution >= 0.6 is 11.8 Å². The fourth-order valence-electron chi connectivity index (χ4n) is 0.929. The van der Waals surface area contributed by atoms with E-state index in [0.717, 1.165) is 16.8 Å². The summed E-state index contributed by atoms with van der Waals surface area (Å²) >= 11 is 1.75. The van der Waals surface area contributed by atoms with Gasteiger partial charge in [0.25, 0.3) is 0 Å². The number of hydrogen-bond donors (Lipinski definition) is 1. The number of anilines is 1. The number of nitrogen functional groups attached to an aromatic ring is 1. The van der Waals surface area contributed by atoms with Crippen molar-refractivity contribution in [2.24, 2.45) is 13.0 Å². The summed E-state index contributed by atoms with van der Waals surface area (Å²) in [5.41, 5.74) is 5.54. The number of nitrogens with two attached hydrogens (primary N) is 1. The van der Waals surface area contributed by atoms with Gasteiger partial charge in [-0.25, -0.2) is 0 Å². The van der Waals surface area contributed by atoms with Crippen LogP contribution in [0.4, 0.5) is 5.95 Å². The van der Waals surface area contributed by atoms with Crippen molar-refractivity contribution in [3.8, 4) is 0 Å². The Morgan fingerprint density at radius 2 is 2.33 bits per heavy atom. The molecule has 1 fully saturated rings. The van der Waals surface area contributed by atoms with Gasteiger partial charge in [-0.15, -0.1) is 10.2 Å². The van der Waals surface area contributed by atoms with Crippen LogP contribution in [0.5, 0.6) is 0 Å². The Morgan fingerprint density at radius 3 is 2.83 bits per heavy atom. The van der Waals surface area contributed by atoms with Gasteiger partial charge in [-0.05, 0) is 18.8 Å². The average Bonchev–Trinajstić information content (AvgIpc) is 2.82. The zero-order valence-corrected chi connectivity index (χ0v) is 7.84. The maximum absolute atomic E-state index is 5.54. The van der Waals surface area contributed by atoms with Crippen molar-refractivity contribution in [1.29, 1.82) is 0 Å². The highest BCUT2D eigenvalue weighted by atomic mass is 32.2.